The molecule has 0 fully saturated rings. The second-order valence-corrected chi connectivity index (χ2v) is 6.71. The molecule has 2 amide bonds. The van der Waals surface area contributed by atoms with Crippen LogP contribution >= 0.6 is 11.6 Å². The molecular formula is C21H26ClN3O2. The highest BCUT2D eigenvalue weighted by molar-refractivity contribution is 6.31. The lowest BCUT2D eigenvalue weighted by Gasteiger charge is -2.18. The van der Waals surface area contributed by atoms with Crippen LogP contribution in [0.2, 0.25) is 5.02 Å². The van der Waals surface area contributed by atoms with Gasteiger partial charge in [0, 0.05) is 22.8 Å². The molecule has 27 heavy (non-hydrogen) atoms. The van der Waals surface area contributed by atoms with Crippen molar-refractivity contribution in [3.63, 3.8) is 0 Å². The van der Waals surface area contributed by atoms with Crippen molar-refractivity contribution in [2.75, 3.05) is 25.0 Å². The fourth-order valence-electron chi connectivity index (χ4n) is 2.67. The summed E-state index contributed by atoms with van der Waals surface area (Å²) in [5.74, 6) is -0.575. The fourth-order valence-corrected chi connectivity index (χ4v) is 2.84. The molecule has 2 N–H and O–H groups in total. The number of anilines is 1. The summed E-state index contributed by atoms with van der Waals surface area (Å²) in [6.07, 6.45) is 0. The van der Waals surface area contributed by atoms with Gasteiger partial charge in [-0.1, -0.05) is 43.6 Å². The largest absolute Gasteiger partial charge is 0.343 e. The number of nitrogens with one attached hydrogen (secondary N) is 2. The molecule has 2 aromatic carbocycles. The minimum Gasteiger partial charge on any atom is -0.343 e. The molecule has 0 aromatic heterocycles. The van der Waals surface area contributed by atoms with Gasteiger partial charge in [0.1, 0.15) is 0 Å². The van der Waals surface area contributed by atoms with E-state index in [1.165, 1.54) is 0 Å². The molecule has 0 bridgehead atoms. The van der Waals surface area contributed by atoms with Crippen LogP contribution in [0.4, 0.5) is 5.69 Å². The summed E-state index contributed by atoms with van der Waals surface area (Å²) in [6.45, 7) is 8.81. The molecule has 0 radical (unpaired) electrons. The number of amides is 2. The van der Waals surface area contributed by atoms with E-state index in [0.29, 0.717) is 16.3 Å². The van der Waals surface area contributed by atoms with Gasteiger partial charge < -0.3 is 10.6 Å². The third kappa shape index (κ3) is 6.08. The highest BCUT2D eigenvalue weighted by Crippen LogP contribution is 2.22. The van der Waals surface area contributed by atoms with Crippen molar-refractivity contribution in [2.24, 2.45) is 0 Å². The molecule has 0 spiro atoms. The van der Waals surface area contributed by atoms with Gasteiger partial charge in [-0.25, -0.2) is 0 Å². The van der Waals surface area contributed by atoms with E-state index in [2.05, 4.69) is 29.4 Å². The first-order chi connectivity index (χ1) is 12.9. The first kappa shape index (κ1) is 20.9. The lowest BCUT2D eigenvalue weighted by atomic mass is 10.1. The smallest absolute Gasteiger partial charge is 0.251 e. The number of carbonyl (C=O) groups is 2. The van der Waals surface area contributed by atoms with Gasteiger partial charge in [-0.15, -0.1) is 0 Å². The number of nitrogens with zero attached hydrogens (tertiary/aromatic N) is 1. The molecule has 5 nitrogen and oxygen atoms in total. The predicted molar refractivity (Wildman–Crippen MR) is 110 cm³/mol. The second kappa shape index (κ2) is 10.1. The topological polar surface area (TPSA) is 61.4 Å². The van der Waals surface area contributed by atoms with Gasteiger partial charge in [0.25, 0.3) is 5.91 Å². The molecule has 0 unspecified atom stereocenters. The van der Waals surface area contributed by atoms with Crippen molar-refractivity contribution in [1.82, 2.24) is 10.2 Å². The van der Waals surface area contributed by atoms with Crippen LogP contribution in [0.1, 0.15) is 35.3 Å². The third-order valence-electron chi connectivity index (χ3n) is 4.47. The van der Waals surface area contributed by atoms with Crippen molar-refractivity contribution >= 4 is 29.1 Å². The Morgan fingerprint density at radius 2 is 1.70 bits per heavy atom. The van der Waals surface area contributed by atoms with Crippen LogP contribution < -0.4 is 10.6 Å². The number of carbonyl (C=O) groups excluding carboxylic acids is 2. The normalized spacial score (nSPS) is 10.7. The van der Waals surface area contributed by atoms with Gasteiger partial charge in [0.2, 0.25) is 5.91 Å². The fraction of sp³-hybridized carbons (Fsp3) is 0.333. The number of benzene rings is 2. The Kier molecular flexibility index (Phi) is 7.82. The maximum Gasteiger partial charge on any atom is 0.251 e. The molecule has 6 heteroatoms. The van der Waals surface area contributed by atoms with Gasteiger partial charge >= 0.3 is 0 Å². The van der Waals surface area contributed by atoms with Crippen molar-refractivity contribution < 1.29 is 9.59 Å². The van der Waals surface area contributed by atoms with E-state index in [4.69, 9.17) is 11.6 Å². The molecule has 0 atom stereocenters. The van der Waals surface area contributed by atoms with Crippen LogP contribution in [0.15, 0.2) is 42.5 Å². The summed E-state index contributed by atoms with van der Waals surface area (Å²) in [5.41, 5.74) is 3.12. The molecule has 0 aliphatic heterocycles. The van der Waals surface area contributed by atoms with Crippen LogP contribution in [0.25, 0.3) is 0 Å². The molecular weight excluding hydrogens is 362 g/mol. The maximum absolute atomic E-state index is 12.2. The van der Waals surface area contributed by atoms with Gasteiger partial charge in [0.15, 0.2) is 0 Å². The standard InChI is InChI=1S/C21H26ClN3O2/c1-4-25(5-2)14-16-9-11-17(12-10-16)21(27)23-13-20(26)24-19-8-6-7-18(22)15(19)3/h6-12H,4-5,13-14H2,1-3H3,(H,23,27)(H,24,26). The Labute approximate surface area is 165 Å². The van der Waals surface area contributed by atoms with E-state index >= 15 is 0 Å². The summed E-state index contributed by atoms with van der Waals surface area (Å²) < 4.78 is 0. The zero-order valence-electron chi connectivity index (χ0n) is 16.0. The Bertz CT molecular complexity index is 787. The van der Waals surface area contributed by atoms with Crippen LogP contribution in [0.5, 0.6) is 0 Å². The number of rotatable bonds is 8. The maximum atomic E-state index is 12.2. The Morgan fingerprint density at radius 1 is 1.04 bits per heavy atom. The highest BCUT2D eigenvalue weighted by Gasteiger charge is 2.10. The zero-order valence-corrected chi connectivity index (χ0v) is 16.8. The number of hydrogen-bond acceptors (Lipinski definition) is 3. The molecule has 2 rings (SSSR count). The zero-order chi connectivity index (χ0) is 19.8. The second-order valence-electron chi connectivity index (χ2n) is 6.30. The average Bonchev–Trinajstić information content (AvgIpc) is 2.68. The molecule has 2 aromatic rings. The van der Waals surface area contributed by atoms with Gasteiger partial charge in [-0.2, -0.15) is 0 Å². The highest BCUT2D eigenvalue weighted by atomic mass is 35.5. The molecule has 0 aliphatic carbocycles. The molecule has 0 saturated heterocycles. The molecule has 0 heterocycles. The average molecular weight is 388 g/mol. The SMILES string of the molecule is CCN(CC)Cc1ccc(C(=O)NCC(=O)Nc2cccc(Cl)c2C)cc1. The summed E-state index contributed by atoms with van der Waals surface area (Å²) in [5, 5.41) is 5.98. The van der Waals surface area contributed by atoms with Crippen LogP contribution in [0, 0.1) is 6.92 Å². The van der Waals surface area contributed by atoms with E-state index in [0.717, 1.165) is 30.8 Å². The summed E-state index contributed by atoms with van der Waals surface area (Å²) >= 11 is 6.04. The quantitative estimate of drug-likeness (QED) is 0.723. The van der Waals surface area contributed by atoms with E-state index in [1.807, 2.05) is 19.1 Å². The number of halogens is 1. The van der Waals surface area contributed by atoms with E-state index in [1.54, 1.807) is 30.3 Å². The molecule has 0 aliphatic rings. The first-order valence-corrected chi connectivity index (χ1v) is 9.46. The monoisotopic (exact) mass is 387 g/mol. The molecule has 144 valence electrons. The minimum absolute atomic E-state index is 0.105. The van der Waals surface area contributed by atoms with Gasteiger partial charge in [0.05, 0.1) is 6.54 Å². The lowest BCUT2D eigenvalue weighted by molar-refractivity contribution is -0.115. The van der Waals surface area contributed by atoms with E-state index in [-0.39, 0.29) is 18.4 Å². The Hall–Kier alpha value is -2.37. The third-order valence-corrected chi connectivity index (χ3v) is 4.88. The van der Waals surface area contributed by atoms with Crippen LogP contribution in [-0.2, 0) is 11.3 Å². The number of hydrogen-bond donors (Lipinski definition) is 2. The minimum atomic E-state index is -0.299. The van der Waals surface area contributed by atoms with E-state index in [9.17, 15) is 9.59 Å². The Balaban J connectivity index is 1.87. The summed E-state index contributed by atoms with van der Waals surface area (Å²) in [7, 11) is 0. The van der Waals surface area contributed by atoms with Crippen molar-refractivity contribution in [2.45, 2.75) is 27.3 Å². The van der Waals surface area contributed by atoms with Crippen LogP contribution in [0.3, 0.4) is 0 Å². The lowest BCUT2D eigenvalue weighted by Crippen LogP contribution is -2.33. The summed E-state index contributed by atoms with van der Waals surface area (Å²) in [6, 6.07) is 12.8. The van der Waals surface area contributed by atoms with Crippen molar-refractivity contribution in [1.29, 1.82) is 0 Å². The van der Waals surface area contributed by atoms with E-state index < -0.39 is 0 Å². The summed E-state index contributed by atoms with van der Waals surface area (Å²) in [4.78, 5) is 26.6. The van der Waals surface area contributed by atoms with Gasteiger partial charge in [-0.3, -0.25) is 14.5 Å². The van der Waals surface area contributed by atoms with Crippen molar-refractivity contribution in [3.8, 4) is 0 Å². The predicted octanol–water partition coefficient (Wildman–Crippen LogP) is 3.86. The molecule has 0 saturated carbocycles. The first-order valence-electron chi connectivity index (χ1n) is 9.09. The van der Waals surface area contributed by atoms with Crippen LogP contribution in [-0.4, -0.2) is 36.3 Å². The van der Waals surface area contributed by atoms with Gasteiger partial charge in [-0.05, 0) is 55.4 Å². The van der Waals surface area contributed by atoms with Crippen molar-refractivity contribution in [3.05, 3.63) is 64.2 Å². The Morgan fingerprint density at radius 3 is 2.33 bits per heavy atom.